The summed E-state index contributed by atoms with van der Waals surface area (Å²) >= 11 is 0. The van der Waals surface area contributed by atoms with Gasteiger partial charge < -0.3 is 15.3 Å². The molecular weight excluding hydrogens is 212 g/mol. The molecule has 3 nitrogen and oxygen atoms in total. The zero-order valence-electron chi connectivity index (χ0n) is 10.6. The fraction of sp³-hybridized carbons (Fsp3) is 0.571. The Morgan fingerprint density at radius 1 is 1.24 bits per heavy atom. The van der Waals surface area contributed by atoms with Crippen LogP contribution in [0, 0.1) is 0 Å². The number of para-hydroxylation sites is 1. The molecule has 0 radical (unpaired) electrons. The highest BCUT2D eigenvalue weighted by Crippen LogP contribution is 2.23. The number of nitrogens with one attached hydrogen (secondary N) is 1. The van der Waals surface area contributed by atoms with E-state index in [1.807, 2.05) is 18.2 Å². The number of hydrogen-bond donors (Lipinski definition) is 2. The maximum Gasteiger partial charge on any atom is 0.121 e. The number of phenols is 1. The molecule has 0 aromatic heterocycles. The number of rotatable bonds is 4. The Kier molecular flexibility index (Phi) is 4.40. The molecule has 0 saturated carbocycles. The highest BCUT2D eigenvalue weighted by Gasteiger charge is 2.11. The van der Waals surface area contributed by atoms with Crippen LogP contribution in [-0.4, -0.2) is 42.7 Å². The smallest absolute Gasteiger partial charge is 0.121 e. The molecule has 1 saturated heterocycles. The average molecular weight is 234 g/mol. The molecule has 1 aliphatic heterocycles. The Balaban J connectivity index is 1.93. The molecule has 3 heteroatoms. The van der Waals surface area contributed by atoms with Crippen molar-refractivity contribution in [2.45, 2.75) is 19.8 Å². The number of aromatic hydroxyl groups is 1. The van der Waals surface area contributed by atoms with Crippen LogP contribution in [-0.2, 0) is 12.8 Å². The first-order valence-electron chi connectivity index (χ1n) is 6.54. The van der Waals surface area contributed by atoms with Crippen molar-refractivity contribution in [2.24, 2.45) is 0 Å². The molecule has 0 bridgehead atoms. The van der Waals surface area contributed by atoms with Crippen LogP contribution < -0.4 is 5.32 Å². The van der Waals surface area contributed by atoms with Gasteiger partial charge in [0, 0.05) is 32.7 Å². The van der Waals surface area contributed by atoms with Crippen molar-refractivity contribution in [3.8, 4) is 5.75 Å². The van der Waals surface area contributed by atoms with E-state index in [-0.39, 0.29) is 0 Å². The number of nitrogens with zero attached hydrogens (tertiary/aromatic N) is 1. The fourth-order valence-corrected chi connectivity index (χ4v) is 2.34. The number of aryl methyl sites for hydroxylation is 1. The predicted molar refractivity (Wildman–Crippen MR) is 70.5 cm³/mol. The number of piperazine rings is 1. The van der Waals surface area contributed by atoms with Crippen LogP contribution in [0.3, 0.4) is 0 Å². The normalized spacial score (nSPS) is 17.2. The van der Waals surface area contributed by atoms with Gasteiger partial charge in [-0.3, -0.25) is 0 Å². The zero-order chi connectivity index (χ0) is 12.1. The molecule has 0 atom stereocenters. The molecule has 0 spiro atoms. The third-order valence-corrected chi connectivity index (χ3v) is 3.49. The van der Waals surface area contributed by atoms with Crippen molar-refractivity contribution in [3.63, 3.8) is 0 Å². The third kappa shape index (κ3) is 3.20. The van der Waals surface area contributed by atoms with Crippen molar-refractivity contribution in [1.29, 1.82) is 0 Å². The summed E-state index contributed by atoms with van der Waals surface area (Å²) in [6.07, 6.45) is 1.84. The van der Waals surface area contributed by atoms with E-state index in [0.29, 0.717) is 5.75 Å². The van der Waals surface area contributed by atoms with Crippen LogP contribution in [0.4, 0.5) is 0 Å². The highest BCUT2D eigenvalue weighted by atomic mass is 16.3. The minimum absolute atomic E-state index is 0.505. The first kappa shape index (κ1) is 12.4. The molecule has 17 heavy (non-hydrogen) atoms. The largest absolute Gasteiger partial charge is 0.507 e. The monoisotopic (exact) mass is 234 g/mol. The summed E-state index contributed by atoms with van der Waals surface area (Å²) in [5, 5.41) is 13.4. The van der Waals surface area contributed by atoms with Gasteiger partial charge in [-0.15, -0.1) is 0 Å². The second kappa shape index (κ2) is 6.03. The van der Waals surface area contributed by atoms with Crippen LogP contribution in [0.5, 0.6) is 5.75 Å². The van der Waals surface area contributed by atoms with Gasteiger partial charge >= 0.3 is 0 Å². The summed E-state index contributed by atoms with van der Waals surface area (Å²) in [6.45, 7) is 7.53. The molecule has 1 aliphatic rings. The Labute approximate surface area is 103 Å². The van der Waals surface area contributed by atoms with Gasteiger partial charge in [0.25, 0.3) is 0 Å². The molecule has 1 heterocycles. The molecule has 0 amide bonds. The Bertz CT molecular complexity index is 359. The van der Waals surface area contributed by atoms with Crippen LogP contribution in [0.25, 0.3) is 0 Å². The highest BCUT2D eigenvalue weighted by molar-refractivity contribution is 5.40. The van der Waals surface area contributed by atoms with Gasteiger partial charge in [-0.2, -0.15) is 0 Å². The van der Waals surface area contributed by atoms with E-state index < -0.39 is 0 Å². The molecule has 0 aliphatic carbocycles. The second-order valence-corrected chi connectivity index (χ2v) is 4.62. The summed E-state index contributed by atoms with van der Waals surface area (Å²) in [7, 11) is 0. The molecule has 94 valence electrons. The minimum atomic E-state index is 0.505. The zero-order valence-corrected chi connectivity index (χ0v) is 10.6. The Morgan fingerprint density at radius 2 is 1.94 bits per heavy atom. The lowest BCUT2D eigenvalue weighted by molar-refractivity contribution is 0.243. The number of hydrogen-bond acceptors (Lipinski definition) is 3. The van der Waals surface area contributed by atoms with Gasteiger partial charge in [0.05, 0.1) is 0 Å². The van der Waals surface area contributed by atoms with Gasteiger partial charge in [-0.25, -0.2) is 0 Å². The van der Waals surface area contributed by atoms with Crippen LogP contribution in [0.1, 0.15) is 18.1 Å². The lowest BCUT2D eigenvalue weighted by Gasteiger charge is -2.27. The Hall–Kier alpha value is -1.06. The van der Waals surface area contributed by atoms with E-state index in [0.717, 1.165) is 56.7 Å². The van der Waals surface area contributed by atoms with Gasteiger partial charge in [0.2, 0.25) is 0 Å². The molecule has 1 aromatic rings. The maximum atomic E-state index is 10.1. The summed E-state index contributed by atoms with van der Waals surface area (Å²) < 4.78 is 0. The van der Waals surface area contributed by atoms with Gasteiger partial charge in [0.1, 0.15) is 5.75 Å². The Morgan fingerprint density at radius 3 is 2.65 bits per heavy atom. The number of phenolic OH excluding ortho intramolecular Hbond substituents is 1. The molecule has 1 aromatic carbocycles. The molecule has 2 N–H and O–H groups in total. The van der Waals surface area contributed by atoms with E-state index in [2.05, 4.69) is 17.1 Å². The molecule has 0 unspecified atom stereocenters. The van der Waals surface area contributed by atoms with Gasteiger partial charge in [-0.05, 0) is 24.0 Å². The van der Waals surface area contributed by atoms with Crippen molar-refractivity contribution < 1.29 is 5.11 Å². The third-order valence-electron chi connectivity index (χ3n) is 3.49. The van der Waals surface area contributed by atoms with E-state index >= 15 is 0 Å². The van der Waals surface area contributed by atoms with Gasteiger partial charge in [-0.1, -0.05) is 25.1 Å². The van der Waals surface area contributed by atoms with Gasteiger partial charge in [0.15, 0.2) is 0 Å². The van der Waals surface area contributed by atoms with Crippen molar-refractivity contribution in [3.05, 3.63) is 29.3 Å². The SMILES string of the molecule is CCc1cccc(CCN2CCNCC2)c1O. The van der Waals surface area contributed by atoms with E-state index in [1.54, 1.807) is 0 Å². The molecule has 1 fully saturated rings. The van der Waals surface area contributed by atoms with E-state index in [1.165, 1.54) is 0 Å². The van der Waals surface area contributed by atoms with Crippen molar-refractivity contribution >= 4 is 0 Å². The van der Waals surface area contributed by atoms with E-state index in [4.69, 9.17) is 0 Å². The van der Waals surface area contributed by atoms with Crippen molar-refractivity contribution in [1.82, 2.24) is 10.2 Å². The summed E-state index contributed by atoms with van der Waals surface area (Å²) in [5.74, 6) is 0.505. The maximum absolute atomic E-state index is 10.1. The standard InChI is InChI=1S/C14H22N2O/c1-2-12-4-3-5-13(14(12)17)6-9-16-10-7-15-8-11-16/h3-5,15,17H,2,6-11H2,1H3. The predicted octanol–water partition coefficient (Wildman–Crippen LogP) is 1.40. The first-order valence-corrected chi connectivity index (χ1v) is 6.54. The van der Waals surface area contributed by atoms with Crippen LogP contribution >= 0.6 is 0 Å². The summed E-state index contributed by atoms with van der Waals surface area (Å²) in [6, 6.07) is 6.09. The minimum Gasteiger partial charge on any atom is -0.507 e. The lowest BCUT2D eigenvalue weighted by atomic mass is 10.0. The first-order chi connectivity index (χ1) is 8.31. The molecular formula is C14H22N2O. The summed E-state index contributed by atoms with van der Waals surface area (Å²) in [5.41, 5.74) is 2.14. The van der Waals surface area contributed by atoms with Crippen molar-refractivity contribution in [2.75, 3.05) is 32.7 Å². The average Bonchev–Trinajstić information content (AvgIpc) is 2.39. The fourth-order valence-electron chi connectivity index (χ4n) is 2.34. The van der Waals surface area contributed by atoms with Crippen LogP contribution in [0.2, 0.25) is 0 Å². The second-order valence-electron chi connectivity index (χ2n) is 4.62. The topological polar surface area (TPSA) is 35.5 Å². The van der Waals surface area contributed by atoms with E-state index in [9.17, 15) is 5.11 Å². The quantitative estimate of drug-likeness (QED) is 0.826. The molecule has 2 rings (SSSR count). The number of benzene rings is 1. The lowest BCUT2D eigenvalue weighted by Crippen LogP contribution is -2.44. The van der Waals surface area contributed by atoms with Crippen LogP contribution in [0.15, 0.2) is 18.2 Å². The summed E-state index contributed by atoms with van der Waals surface area (Å²) in [4.78, 5) is 2.45.